The summed E-state index contributed by atoms with van der Waals surface area (Å²) in [5, 5.41) is 0. The predicted octanol–water partition coefficient (Wildman–Crippen LogP) is 1.66. The average Bonchev–Trinajstić information content (AvgIpc) is 2.15. The number of hydrogen-bond acceptors (Lipinski definition) is 4. The van der Waals surface area contributed by atoms with E-state index in [1.165, 1.54) is 24.3 Å². The molecule has 1 aromatic rings. The van der Waals surface area contributed by atoms with Crippen LogP contribution in [0.1, 0.15) is 24.2 Å². The summed E-state index contributed by atoms with van der Waals surface area (Å²) in [6.45, 7) is 3.51. The highest BCUT2D eigenvalue weighted by atomic mass is 32.2. The van der Waals surface area contributed by atoms with Gasteiger partial charge in [-0.3, -0.25) is 0 Å². The van der Waals surface area contributed by atoms with Crippen LogP contribution in [0.2, 0.25) is 0 Å². The van der Waals surface area contributed by atoms with Crippen molar-refractivity contribution in [3.63, 3.8) is 0 Å². The van der Waals surface area contributed by atoms with Gasteiger partial charge in [-0.15, -0.1) is 0 Å². The van der Waals surface area contributed by atoms with Crippen LogP contribution in [0.25, 0.3) is 0 Å². The van der Waals surface area contributed by atoms with Gasteiger partial charge in [0.15, 0.2) is 9.84 Å². The lowest BCUT2D eigenvalue weighted by molar-refractivity contribution is 0.0378. The summed E-state index contributed by atoms with van der Waals surface area (Å²) in [5.74, 6) is -0.449. The zero-order valence-corrected chi connectivity index (χ0v) is 10.2. The lowest BCUT2D eigenvalue weighted by Crippen LogP contribution is -2.11. The van der Waals surface area contributed by atoms with Gasteiger partial charge in [0.2, 0.25) is 0 Å². The molecule has 88 valence electrons. The lowest BCUT2D eigenvalue weighted by Gasteiger charge is -2.07. The monoisotopic (exact) mass is 242 g/mol. The van der Waals surface area contributed by atoms with Crippen molar-refractivity contribution in [3.05, 3.63) is 29.8 Å². The largest absolute Gasteiger partial charge is 0.459 e. The Morgan fingerprint density at radius 3 is 2.06 bits per heavy atom. The highest BCUT2D eigenvalue weighted by Gasteiger charge is 2.11. The van der Waals surface area contributed by atoms with Gasteiger partial charge in [0, 0.05) is 6.26 Å². The standard InChI is InChI=1S/C11H14O4S/c1-8(2)15-11(12)9-4-6-10(7-5-9)16(3,13)14/h4-8H,1-3H3. The molecule has 1 aromatic carbocycles. The molecule has 0 aliphatic rings. The summed E-state index contributed by atoms with van der Waals surface area (Å²) >= 11 is 0. The van der Waals surface area contributed by atoms with E-state index in [0.29, 0.717) is 5.56 Å². The first-order valence-corrected chi connectivity index (χ1v) is 6.71. The van der Waals surface area contributed by atoms with E-state index in [0.717, 1.165) is 6.26 Å². The van der Waals surface area contributed by atoms with E-state index >= 15 is 0 Å². The number of hydrogen-bond donors (Lipinski definition) is 0. The molecule has 5 heteroatoms. The van der Waals surface area contributed by atoms with E-state index in [1.807, 2.05) is 0 Å². The van der Waals surface area contributed by atoms with Gasteiger partial charge in [-0.2, -0.15) is 0 Å². The molecule has 0 N–H and O–H groups in total. The van der Waals surface area contributed by atoms with Crippen LogP contribution < -0.4 is 0 Å². The number of rotatable bonds is 3. The second-order valence-corrected chi connectivity index (χ2v) is 5.77. The molecule has 0 bridgehead atoms. The van der Waals surface area contributed by atoms with E-state index < -0.39 is 15.8 Å². The van der Waals surface area contributed by atoms with Crippen molar-refractivity contribution in [1.29, 1.82) is 0 Å². The Labute approximate surface area is 95.2 Å². The maximum Gasteiger partial charge on any atom is 0.338 e. The van der Waals surface area contributed by atoms with Crippen LogP contribution in [-0.2, 0) is 14.6 Å². The molecule has 0 fully saturated rings. The Balaban J connectivity index is 2.92. The van der Waals surface area contributed by atoms with Crippen LogP contribution in [-0.4, -0.2) is 26.7 Å². The summed E-state index contributed by atoms with van der Waals surface area (Å²) in [7, 11) is -3.22. The van der Waals surface area contributed by atoms with Gasteiger partial charge in [-0.05, 0) is 38.1 Å². The molecule has 0 aliphatic heterocycles. The molecular formula is C11H14O4S. The fraction of sp³-hybridized carbons (Fsp3) is 0.364. The second-order valence-electron chi connectivity index (χ2n) is 3.75. The third kappa shape index (κ3) is 3.34. The summed E-state index contributed by atoms with van der Waals surface area (Å²) in [4.78, 5) is 11.6. The first-order valence-electron chi connectivity index (χ1n) is 4.82. The van der Waals surface area contributed by atoms with Gasteiger partial charge < -0.3 is 4.74 Å². The summed E-state index contributed by atoms with van der Waals surface area (Å²) in [5.41, 5.74) is 0.348. The number of carbonyl (C=O) groups is 1. The molecular weight excluding hydrogens is 228 g/mol. The maximum absolute atomic E-state index is 11.4. The van der Waals surface area contributed by atoms with Gasteiger partial charge in [-0.25, -0.2) is 13.2 Å². The van der Waals surface area contributed by atoms with E-state index in [4.69, 9.17) is 4.74 Å². The molecule has 16 heavy (non-hydrogen) atoms. The quantitative estimate of drug-likeness (QED) is 0.756. The van der Waals surface area contributed by atoms with Crippen LogP contribution in [0.5, 0.6) is 0 Å². The smallest absolute Gasteiger partial charge is 0.338 e. The predicted molar refractivity (Wildman–Crippen MR) is 60.1 cm³/mol. The molecule has 0 heterocycles. The Morgan fingerprint density at radius 2 is 1.69 bits per heavy atom. The van der Waals surface area contributed by atoms with E-state index in [9.17, 15) is 13.2 Å². The van der Waals surface area contributed by atoms with Crippen LogP contribution >= 0.6 is 0 Å². The Bertz CT molecular complexity index is 471. The third-order valence-corrected chi connectivity index (χ3v) is 2.99. The highest BCUT2D eigenvalue weighted by Crippen LogP contribution is 2.11. The Morgan fingerprint density at radius 1 is 1.19 bits per heavy atom. The van der Waals surface area contributed by atoms with E-state index in [2.05, 4.69) is 0 Å². The molecule has 0 atom stereocenters. The van der Waals surface area contributed by atoms with Crippen LogP contribution in [0.15, 0.2) is 29.2 Å². The van der Waals surface area contributed by atoms with Crippen molar-refractivity contribution in [3.8, 4) is 0 Å². The number of ether oxygens (including phenoxy) is 1. The molecule has 0 spiro atoms. The van der Waals surface area contributed by atoms with E-state index in [1.54, 1.807) is 13.8 Å². The zero-order chi connectivity index (χ0) is 12.3. The molecule has 4 nitrogen and oxygen atoms in total. The molecule has 1 rings (SSSR count). The molecule has 0 saturated carbocycles. The fourth-order valence-corrected chi connectivity index (χ4v) is 1.75. The summed E-state index contributed by atoms with van der Waals surface area (Å²) in [6, 6.07) is 5.68. The summed E-state index contributed by atoms with van der Waals surface area (Å²) < 4.78 is 27.3. The minimum Gasteiger partial charge on any atom is -0.459 e. The fourth-order valence-electron chi connectivity index (χ4n) is 1.12. The van der Waals surface area contributed by atoms with E-state index in [-0.39, 0.29) is 11.0 Å². The normalized spacial score (nSPS) is 11.5. The number of esters is 1. The van der Waals surface area contributed by atoms with Crippen molar-refractivity contribution in [2.75, 3.05) is 6.26 Å². The van der Waals surface area contributed by atoms with Gasteiger partial charge in [0.1, 0.15) is 0 Å². The lowest BCUT2D eigenvalue weighted by atomic mass is 10.2. The second kappa shape index (κ2) is 4.65. The Kier molecular flexibility index (Phi) is 3.70. The van der Waals surface area contributed by atoms with Gasteiger partial charge >= 0.3 is 5.97 Å². The molecule has 0 amide bonds. The highest BCUT2D eigenvalue weighted by molar-refractivity contribution is 7.90. The minimum atomic E-state index is -3.22. The van der Waals surface area contributed by atoms with Crippen LogP contribution in [0.3, 0.4) is 0 Å². The maximum atomic E-state index is 11.4. The molecule has 0 aliphatic carbocycles. The molecule has 0 radical (unpaired) electrons. The van der Waals surface area contributed by atoms with Crippen LogP contribution in [0, 0.1) is 0 Å². The SMILES string of the molecule is CC(C)OC(=O)c1ccc(S(C)(=O)=O)cc1. The van der Waals surface area contributed by atoms with Gasteiger partial charge in [0.05, 0.1) is 16.6 Å². The average molecular weight is 242 g/mol. The van der Waals surface area contributed by atoms with Gasteiger partial charge in [-0.1, -0.05) is 0 Å². The first kappa shape index (κ1) is 12.7. The van der Waals surface area contributed by atoms with Crippen molar-refractivity contribution < 1.29 is 17.9 Å². The van der Waals surface area contributed by atoms with Crippen molar-refractivity contribution in [1.82, 2.24) is 0 Å². The molecule has 0 unspecified atom stereocenters. The van der Waals surface area contributed by atoms with Crippen molar-refractivity contribution >= 4 is 15.8 Å². The Hall–Kier alpha value is -1.36. The zero-order valence-electron chi connectivity index (χ0n) is 9.43. The summed E-state index contributed by atoms with van der Waals surface area (Å²) in [6.07, 6.45) is 0.927. The third-order valence-electron chi connectivity index (χ3n) is 1.86. The van der Waals surface area contributed by atoms with Gasteiger partial charge in [0.25, 0.3) is 0 Å². The first-order chi connectivity index (χ1) is 7.30. The topological polar surface area (TPSA) is 60.4 Å². The minimum absolute atomic E-state index is 0.189. The number of carbonyl (C=O) groups excluding carboxylic acids is 1. The van der Waals surface area contributed by atoms with Crippen molar-refractivity contribution in [2.45, 2.75) is 24.8 Å². The van der Waals surface area contributed by atoms with Crippen molar-refractivity contribution in [2.24, 2.45) is 0 Å². The number of sulfone groups is 1. The van der Waals surface area contributed by atoms with Crippen LogP contribution in [0.4, 0.5) is 0 Å². The number of benzene rings is 1. The molecule has 0 saturated heterocycles. The molecule has 0 aromatic heterocycles.